The van der Waals surface area contributed by atoms with Crippen LogP contribution in [0.3, 0.4) is 0 Å². The highest BCUT2D eigenvalue weighted by molar-refractivity contribution is 5.97. The maximum Gasteiger partial charge on any atom is 0.321 e. The van der Waals surface area contributed by atoms with Crippen molar-refractivity contribution >= 4 is 11.9 Å². The molecule has 1 saturated heterocycles. The molecule has 0 aliphatic carbocycles. The van der Waals surface area contributed by atoms with Gasteiger partial charge in [-0.05, 0) is 11.8 Å². The van der Waals surface area contributed by atoms with Gasteiger partial charge in [0.05, 0.1) is 0 Å². The van der Waals surface area contributed by atoms with E-state index in [2.05, 4.69) is 31.4 Å². The molecule has 0 spiro atoms. The van der Waals surface area contributed by atoms with Gasteiger partial charge in [0, 0.05) is 12.5 Å². The van der Waals surface area contributed by atoms with Gasteiger partial charge < -0.3 is 5.32 Å². The van der Waals surface area contributed by atoms with Crippen molar-refractivity contribution < 1.29 is 9.59 Å². The average molecular weight is 184 g/mol. The summed E-state index contributed by atoms with van der Waals surface area (Å²) in [7, 11) is 0. The molecule has 1 heterocycles. The van der Waals surface area contributed by atoms with Crippen molar-refractivity contribution in [3.05, 3.63) is 0 Å². The minimum absolute atomic E-state index is 0.0127. The molecule has 0 saturated carbocycles. The Bertz CT molecular complexity index is 214. The Morgan fingerprint density at radius 3 is 2.46 bits per heavy atom. The summed E-state index contributed by atoms with van der Waals surface area (Å²) < 4.78 is 0. The van der Waals surface area contributed by atoms with Crippen LogP contribution in [-0.2, 0) is 4.79 Å². The Morgan fingerprint density at radius 2 is 2.00 bits per heavy atom. The van der Waals surface area contributed by atoms with E-state index in [1.165, 1.54) is 0 Å². The molecule has 1 aliphatic heterocycles. The molecule has 1 rings (SSSR count). The maximum absolute atomic E-state index is 11.0. The van der Waals surface area contributed by atoms with Gasteiger partial charge in [-0.3, -0.25) is 10.1 Å². The maximum atomic E-state index is 11.0. The Balaban J connectivity index is 2.51. The molecular weight excluding hydrogens is 168 g/mol. The van der Waals surface area contributed by atoms with Crippen LogP contribution in [0.1, 0.15) is 33.6 Å². The van der Waals surface area contributed by atoms with Crippen molar-refractivity contribution in [3.63, 3.8) is 0 Å². The first kappa shape index (κ1) is 10.0. The van der Waals surface area contributed by atoms with Crippen LogP contribution in [0.2, 0.25) is 0 Å². The van der Waals surface area contributed by atoms with Crippen LogP contribution in [0.15, 0.2) is 0 Å². The number of amides is 3. The number of hydrogen-bond acceptors (Lipinski definition) is 2. The van der Waals surface area contributed by atoms with Crippen molar-refractivity contribution in [2.75, 3.05) is 0 Å². The SMILES string of the molecule is CC(C)(C)CC1CC(=O)NC(=O)N1. The smallest absolute Gasteiger partial charge is 0.321 e. The predicted octanol–water partition coefficient (Wildman–Crippen LogP) is 1.02. The number of urea groups is 1. The van der Waals surface area contributed by atoms with Crippen molar-refractivity contribution in [2.45, 2.75) is 39.7 Å². The van der Waals surface area contributed by atoms with Crippen LogP contribution < -0.4 is 10.6 Å². The highest BCUT2D eigenvalue weighted by atomic mass is 16.2. The normalized spacial score (nSPS) is 23.8. The van der Waals surface area contributed by atoms with Crippen molar-refractivity contribution in [1.82, 2.24) is 10.6 Å². The highest BCUT2D eigenvalue weighted by Gasteiger charge is 2.27. The molecule has 3 amide bonds. The second-order valence-electron chi connectivity index (χ2n) is 4.69. The first-order valence-corrected chi connectivity index (χ1v) is 4.47. The van der Waals surface area contributed by atoms with Crippen molar-refractivity contribution in [3.8, 4) is 0 Å². The summed E-state index contributed by atoms with van der Waals surface area (Å²) >= 11 is 0. The number of nitrogens with one attached hydrogen (secondary N) is 2. The first-order valence-electron chi connectivity index (χ1n) is 4.47. The van der Waals surface area contributed by atoms with E-state index >= 15 is 0 Å². The number of carbonyl (C=O) groups excluding carboxylic acids is 2. The van der Waals surface area contributed by atoms with Crippen LogP contribution in [0.5, 0.6) is 0 Å². The lowest BCUT2D eigenvalue weighted by Gasteiger charge is -2.29. The van der Waals surface area contributed by atoms with Gasteiger partial charge in [0.25, 0.3) is 0 Å². The third kappa shape index (κ3) is 3.44. The Morgan fingerprint density at radius 1 is 1.38 bits per heavy atom. The predicted molar refractivity (Wildman–Crippen MR) is 49.2 cm³/mol. The van der Waals surface area contributed by atoms with Gasteiger partial charge in [-0.2, -0.15) is 0 Å². The molecule has 0 bridgehead atoms. The van der Waals surface area contributed by atoms with Gasteiger partial charge in [0.15, 0.2) is 0 Å². The Kier molecular flexibility index (Phi) is 2.59. The van der Waals surface area contributed by atoms with Crippen LogP contribution in [-0.4, -0.2) is 18.0 Å². The third-order valence-corrected chi connectivity index (χ3v) is 1.88. The van der Waals surface area contributed by atoms with Gasteiger partial charge in [-0.1, -0.05) is 20.8 Å². The minimum atomic E-state index is -0.370. The van der Waals surface area contributed by atoms with Crippen LogP contribution in [0.4, 0.5) is 4.79 Å². The summed E-state index contributed by atoms with van der Waals surface area (Å²) in [5, 5.41) is 4.94. The van der Waals surface area contributed by atoms with Crippen LogP contribution >= 0.6 is 0 Å². The average Bonchev–Trinajstić information content (AvgIpc) is 1.78. The first-order chi connectivity index (χ1) is 5.87. The Hall–Kier alpha value is -1.06. The molecule has 4 nitrogen and oxygen atoms in total. The largest absolute Gasteiger partial charge is 0.335 e. The van der Waals surface area contributed by atoms with E-state index in [4.69, 9.17) is 0 Å². The molecular formula is C9H16N2O2. The zero-order valence-corrected chi connectivity index (χ0v) is 8.31. The van der Waals surface area contributed by atoms with Crippen molar-refractivity contribution in [2.24, 2.45) is 5.41 Å². The minimum Gasteiger partial charge on any atom is -0.335 e. The molecule has 13 heavy (non-hydrogen) atoms. The van der Waals surface area contributed by atoms with E-state index in [0.717, 1.165) is 6.42 Å². The van der Waals surface area contributed by atoms with E-state index in [-0.39, 0.29) is 23.4 Å². The van der Waals surface area contributed by atoms with Crippen molar-refractivity contribution in [1.29, 1.82) is 0 Å². The van der Waals surface area contributed by atoms with Gasteiger partial charge in [0.2, 0.25) is 5.91 Å². The summed E-state index contributed by atoms with van der Waals surface area (Å²) in [4.78, 5) is 21.9. The molecule has 4 heteroatoms. The number of imide groups is 1. The topological polar surface area (TPSA) is 58.2 Å². The number of carbonyl (C=O) groups is 2. The third-order valence-electron chi connectivity index (χ3n) is 1.88. The second-order valence-corrected chi connectivity index (χ2v) is 4.69. The zero-order chi connectivity index (χ0) is 10.1. The van der Waals surface area contributed by atoms with E-state index in [9.17, 15) is 9.59 Å². The summed E-state index contributed by atoms with van der Waals surface area (Å²) in [5.74, 6) is -0.182. The quantitative estimate of drug-likeness (QED) is 0.639. The molecule has 74 valence electrons. The fraction of sp³-hybridized carbons (Fsp3) is 0.778. The molecule has 0 radical (unpaired) electrons. The summed E-state index contributed by atoms with van der Waals surface area (Å²) in [6.45, 7) is 6.27. The van der Waals surface area contributed by atoms with E-state index < -0.39 is 0 Å². The molecule has 0 aromatic heterocycles. The molecule has 1 unspecified atom stereocenters. The molecule has 1 fully saturated rings. The summed E-state index contributed by atoms with van der Waals surface area (Å²) in [6, 6.07) is -0.383. The molecule has 0 aromatic rings. The molecule has 1 aliphatic rings. The Labute approximate surface area is 78.1 Å². The monoisotopic (exact) mass is 184 g/mol. The van der Waals surface area contributed by atoms with Gasteiger partial charge >= 0.3 is 6.03 Å². The lowest BCUT2D eigenvalue weighted by atomic mass is 9.86. The standard InChI is InChI=1S/C9H16N2O2/c1-9(2,3)5-6-4-7(12)11-8(13)10-6/h6H,4-5H2,1-3H3,(H2,10,11,12,13). The van der Waals surface area contributed by atoms with E-state index in [0.29, 0.717) is 6.42 Å². The van der Waals surface area contributed by atoms with Gasteiger partial charge in [-0.25, -0.2) is 4.79 Å². The van der Waals surface area contributed by atoms with Gasteiger partial charge in [0.1, 0.15) is 0 Å². The molecule has 2 N–H and O–H groups in total. The van der Waals surface area contributed by atoms with Gasteiger partial charge in [-0.15, -0.1) is 0 Å². The summed E-state index contributed by atoms with van der Waals surface area (Å²) in [5.41, 5.74) is 0.134. The fourth-order valence-electron chi connectivity index (χ4n) is 1.54. The molecule has 0 aromatic carbocycles. The highest BCUT2D eigenvalue weighted by Crippen LogP contribution is 2.22. The van der Waals surface area contributed by atoms with Crippen LogP contribution in [0.25, 0.3) is 0 Å². The number of hydrogen-bond donors (Lipinski definition) is 2. The van der Waals surface area contributed by atoms with E-state index in [1.807, 2.05) is 0 Å². The lowest BCUT2D eigenvalue weighted by Crippen LogP contribution is -2.53. The fourth-order valence-corrected chi connectivity index (χ4v) is 1.54. The second kappa shape index (κ2) is 3.36. The molecule has 1 atom stereocenters. The van der Waals surface area contributed by atoms with E-state index in [1.54, 1.807) is 0 Å². The lowest BCUT2D eigenvalue weighted by molar-refractivity contribution is -0.121. The zero-order valence-electron chi connectivity index (χ0n) is 8.31. The summed E-state index contributed by atoms with van der Waals surface area (Å²) in [6.07, 6.45) is 1.22. The number of rotatable bonds is 1. The van der Waals surface area contributed by atoms with Crippen LogP contribution in [0, 0.1) is 5.41 Å².